The fraction of sp³-hybridized carbons (Fsp3) is 0.154. The summed E-state index contributed by atoms with van der Waals surface area (Å²) >= 11 is 0. The lowest BCUT2D eigenvalue weighted by Crippen LogP contribution is -1.96. The molecular weight excluding hydrogens is 186 g/mol. The SMILES string of the molecule is C/C(=N\O)c1ccc(C)c2ccccc12. The van der Waals surface area contributed by atoms with Gasteiger partial charge in [-0.1, -0.05) is 41.6 Å². The lowest BCUT2D eigenvalue weighted by atomic mass is 9.98. The molecule has 0 aliphatic heterocycles. The zero-order valence-corrected chi connectivity index (χ0v) is 8.86. The summed E-state index contributed by atoms with van der Waals surface area (Å²) in [5.74, 6) is 0. The van der Waals surface area contributed by atoms with E-state index in [4.69, 9.17) is 5.21 Å². The first-order valence-corrected chi connectivity index (χ1v) is 4.91. The van der Waals surface area contributed by atoms with Gasteiger partial charge in [0.2, 0.25) is 0 Å². The summed E-state index contributed by atoms with van der Waals surface area (Å²) in [5, 5.41) is 14.4. The van der Waals surface area contributed by atoms with Crippen molar-refractivity contribution in [2.45, 2.75) is 13.8 Å². The van der Waals surface area contributed by atoms with Gasteiger partial charge in [0.05, 0.1) is 5.71 Å². The molecule has 76 valence electrons. The lowest BCUT2D eigenvalue weighted by molar-refractivity contribution is 0.319. The number of aryl methyl sites for hydroxylation is 1. The number of hydrogen-bond donors (Lipinski definition) is 1. The van der Waals surface area contributed by atoms with Crippen LogP contribution in [0.2, 0.25) is 0 Å². The van der Waals surface area contributed by atoms with Crippen molar-refractivity contribution >= 4 is 16.5 Å². The minimum atomic E-state index is 0.645. The van der Waals surface area contributed by atoms with Crippen LogP contribution in [0.3, 0.4) is 0 Å². The predicted octanol–water partition coefficient (Wildman–Crippen LogP) is 3.35. The maximum Gasteiger partial charge on any atom is 0.0843 e. The second kappa shape index (κ2) is 3.73. The van der Waals surface area contributed by atoms with Gasteiger partial charge in [-0.15, -0.1) is 0 Å². The highest BCUT2D eigenvalue weighted by atomic mass is 16.4. The van der Waals surface area contributed by atoms with Crippen LogP contribution < -0.4 is 0 Å². The van der Waals surface area contributed by atoms with Crippen LogP contribution in [0.15, 0.2) is 41.6 Å². The van der Waals surface area contributed by atoms with E-state index in [9.17, 15) is 0 Å². The molecule has 2 rings (SSSR count). The smallest absolute Gasteiger partial charge is 0.0843 e. The molecule has 0 saturated heterocycles. The zero-order valence-electron chi connectivity index (χ0n) is 8.86. The number of benzene rings is 2. The van der Waals surface area contributed by atoms with Crippen molar-refractivity contribution in [2.24, 2.45) is 5.16 Å². The van der Waals surface area contributed by atoms with Gasteiger partial charge in [-0.25, -0.2) is 0 Å². The van der Waals surface area contributed by atoms with E-state index in [1.807, 2.05) is 30.3 Å². The predicted molar refractivity (Wildman–Crippen MR) is 62.7 cm³/mol. The molecule has 1 N–H and O–H groups in total. The molecule has 0 spiro atoms. The van der Waals surface area contributed by atoms with Crippen molar-refractivity contribution in [3.63, 3.8) is 0 Å². The average molecular weight is 199 g/mol. The molecule has 2 aromatic rings. The Morgan fingerprint density at radius 3 is 2.40 bits per heavy atom. The highest BCUT2D eigenvalue weighted by Crippen LogP contribution is 2.22. The van der Waals surface area contributed by atoms with Crippen molar-refractivity contribution in [3.8, 4) is 0 Å². The fourth-order valence-electron chi connectivity index (χ4n) is 1.82. The van der Waals surface area contributed by atoms with Crippen molar-refractivity contribution in [1.29, 1.82) is 0 Å². The van der Waals surface area contributed by atoms with Crippen LogP contribution in [0.4, 0.5) is 0 Å². The van der Waals surface area contributed by atoms with Crippen LogP contribution in [0.5, 0.6) is 0 Å². The monoisotopic (exact) mass is 199 g/mol. The van der Waals surface area contributed by atoms with Gasteiger partial charge in [0.15, 0.2) is 0 Å². The molecule has 2 heteroatoms. The topological polar surface area (TPSA) is 32.6 Å². The molecular formula is C13H13NO. The first kappa shape index (κ1) is 9.71. The number of oxime groups is 1. The van der Waals surface area contributed by atoms with Crippen molar-refractivity contribution in [3.05, 3.63) is 47.5 Å². The van der Waals surface area contributed by atoms with Crippen LogP contribution in [-0.2, 0) is 0 Å². The summed E-state index contributed by atoms with van der Waals surface area (Å²) in [6.45, 7) is 3.88. The summed E-state index contributed by atoms with van der Waals surface area (Å²) in [7, 11) is 0. The molecule has 0 heterocycles. The maximum atomic E-state index is 8.80. The van der Waals surface area contributed by atoms with Crippen LogP contribution in [0, 0.1) is 6.92 Å². The van der Waals surface area contributed by atoms with Gasteiger partial charge in [-0.05, 0) is 30.2 Å². The number of hydrogen-bond acceptors (Lipinski definition) is 2. The average Bonchev–Trinajstić information content (AvgIpc) is 2.29. The molecule has 2 aromatic carbocycles. The third-order valence-corrected chi connectivity index (χ3v) is 2.68. The number of rotatable bonds is 1. The van der Waals surface area contributed by atoms with E-state index < -0.39 is 0 Å². The van der Waals surface area contributed by atoms with Crippen LogP contribution in [-0.4, -0.2) is 10.9 Å². The lowest BCUT2D eigenvalue weighted by Gasteiger charge is -2.07. The second-order valence-corrected chi connectivity index (χ2v) is 3.66. The molecule has 0 bridgehead atoms. The molecule has 0 fully saturated rings. The van der Waals surface area contributed by atoms with Crippen molar-refractivity contribution < 1.29 is 5.21 Å². The minimum absolute atomic E-state index is 0.645. The molecule has 2 nitrogen and oxygen atoms in total. The molecule has 0 saturated carbocycles. The Morgan fingerprint density at radius 1 is 1.07 bits per heavy atom. The molecule has 0 aromatic heterocycles. The highest BCUT2D eigenvalue weighted by molar-refractivity contribution is 6.10. The Labute approximate surface area is 88.9 Å². The first-order chi connectivity index (χ1) is 7.24. The van der Waals surface area contributed by atoms with E-state index in [1.54, 1.807) is 6.92 Å². The Kier molecular flexibility index (Phi) is 2.42. The van der Waals surface area contributed by atoms with E-state index in [0.29, 0.717) is 5.71 Å². The first-order valence-electron chi connectivity index (χ1n) is 4.91. The third kappa shape index (κ3) is 1.59. The molecule has 15 heavy (non-hydrogen) atoms. The van der Waals surface area contributed by atoms with Crippen LogP contribution >= 0.6 is 0 Å². The van der Waals surface area contributed by atoms with E-state index in [-0.39, 0.29) is 0 Å². The van der Waals surface area contributed by atoms with E-state index >= 15 is 0 Å². The Balaban J connectivity index is 2.83. The van der Waals surface area contributed by atoms with Gasteiger partial charge >= 0.3 is 0 Å². The van der Waals surface area contributed by atoms with Gasteiger partial charge in [0.1, 0.15) is 0 Å². The summed E-state index contributed by atoms with van der Waals surface area (Å²) in [6, 6.07) is 12.2. The van der Waals surface area contributed by atoms with E-state index in [2.05, 4.69) is 18.1 Å². The molecule has 0 radical (unpaired) electrons. The van der Waals surface area contributed by atoms with E-state index in [1.165, 1.54) is 10.9 Å². The van der Waals surface area contributed by atoms with Crippen molar-refractivity contribution in [2.75, 3.05) is 0 Å². The Hall–Kier alpha value is -1.83. The second-order valence-electron chi connectivity index (χ2n) is 3.66. The summed E-state index contributed by atoms with van der Waals surface area (Å²) in [4.78, 5) is 0. The molecule has 0 aliphatic carbocycles. The largest absolute Gasteiger partial charge is 0.411 e. The van der Waals surface area contributed by atoms with Gasteiger partial charge in [0.25, 0.3) is 0 Å². The standard InChI is InChI=1S/C13H13NO/c1-9-7-8-12(10(2)14-15)13-6-4-3-5-11(9)13/h3-8,15H,1-2H3/b14-10+. The van der Waals surface area contributed by atoms with Crippen molar-refractivity contribution in [1.82, 2.24) is 0 Å². The quantitative estimate of drug-likeness (QED) is 0.426. The Morgan fingerprint density at radius 2 is 1.73 bits per heavy atom. The Bertz CT molecular complexity index is 529. The van der Waals surface area contributed by atoms with Gasteiger partial charge in [-0.2, -0.15) is 0 Å². The number of nitrogens with zero attached hydrogens (tertiary/aromatic N) is 1. The number of fused-ring (bicyclic) bond motifs is 1. The van der Waals surface area contributed by atoms with Crippen LogP contribution in [0.25, 0.3) is 10.8 Å². The van der Waals surface area contributed by atoms with Gasteiger partial charge in [0, 0.05) is 5.56 Å². The summed E-state index contributed by atoms with van der Waals surface area (Å²) in [5.41, 5.74) is 2.87. The van der Waals surface area contributed by atoms with Gasteiger partial charge in [-0.3, -0.25) is 0 Å². The van der Waals surface area contributed by atoms with Gasteiger partial charge < -0.3 is 5.21 Å². The fourth-order valence-corrected chi connectivity index (χ4v) is 1.82. The maximum absolute atomic E-state index is 8.80. The van der Waals surface area contributed by atoms with E-state index in [0.717, 1.165) is 10.9 Å². The molecule has 0 unspecified atom stereocenters. The molecule has 0 aliphatic rings. The zero-order chi connectivity index (χ0) is 10.8. The normalized spacial score (nSPS) is 12.0. The van der Waals surface area contributed by atoms with Crippen LogP contribution in [0.1, 0.15) is 18.1 Å². The molecule has 0 amide bonds. The summed E-state index contributed by atoms with van der Waals surface area (Å²) < 4.78 is 0. The highest BCUT2D eigenvalue weighted by Gasteiger charge is 2.05. The summed E-state index contributed by atoms with van der Waals surface area (Å²) in [6.07, 6.45) is 0. The minimum Gasteiger partial charge on any atom is -0.411 e. The third-order valence-electron chi connectivity index (χ3n) is 2.68. The molecule has 0 atom stereocenters.